The van der Waals surface area contributed by atoms with Crippen molar-refractivity contribution in [1.82, 2.24) is 10.3 Å². The number of hydrogen-bond donors (Lipinski definition) is 2. The summed E-state index contributed by atoms with van der Waals surface area (Å²) in [5.74, 6) is 0.276. The smallest absolute Gasteiger partial charge is 0.269 e. The lowest BCUT2D eigenvalue weighted by molar-refractivity contribution is 0.0945. The van der Waals surface area contributed by atoms with Crippen LogP contribution in [0.1, 0.15) is 27.5 Å². The van der Waals surface area contributed by atoms with Gasteiger partial charge in [0.2, 0.25) is 0 Å². The molecule has 0 bridgehead atoms. The third kappa shape index (κ3) is 2.29. The molecule has 1 aliphatic rings. The van der Waals surface area contributed by atoms with Crippen molar-refractivity contribution in [2.45, 2.75) is 12.3 Å². The molecule has 4 nitrogen and oxygen atoms in total. The zero-order valence-electron chi connectivity index (χ0n) is 10.5. The highest BCUT2D eigenvalue weighted by atomic mass is 16.1. The molecule has 1 aliphatic carbocycles. The normalized spacial score (nSPS) is 16.3. The molecule has 1 atom stereocenters. The second-order valence-electron chi connectivity index (χ2n) is 4.79. The highest BCUT2D eigenvalue weighted by Crippen LogP contribution is 2.33. The topological polar surface area (TPSA) is 68.0 Å². The minimum Gasteiger partial charge on any atom is -0.397 e. The molecule has 1 aromatic carbocycles. The van der Waals surface area contributed by atoms with Crippen LogP contribution in [0.3, 0.4) is 0 Å². The van der Waals surface area contributed by atoms with Crippen molar-refractivity contribution in [1.29, 1.82) is 0 Å². The molecule has 3 rings (SSSR count). The van der Waals surface area contributed by atoms with Crippen LogP contribution < -0.4 is 11.1 Å². The molecule has 0 fully saturated rings. The number of pyridine rings is 1. The van der Waals surface area contributed by atoms with E-state index in [-0.39, 0.29) is 5.91 Å². The van der Waals surface area contributed by atoms with Crippen LogP contribution in [0, 0.1) is 0 Å². The molecule has 1 unspecified atom stereocenters. The van der Waals surface area contributed by atoms with E-state index >= 15 is 0 Å². The third-order valence-corrected chi connectivity index (χ3v) is 3.49. The molecule has 1 aromatic heterocycles. The molecule has 1 amide bonds. The molecule has 0 aliphatic heterocycles. The maximum absolute atomic E-state index is 11.9. The number of rotatable bonds is 3. The first-order valence-corrected chi connectivity index (χ1v) is 6.31. The molecular formula is C15H15N3O. The predicted molar refractivity (Wildman–Crippen MR) is 73.9 cm³/mol. The molecule has 3 N–H and O–H groups in total. The summed E-state index contributed by atoms with van der Waals surface area (Å²) in [5.41, 5.74) is 9.23. The van der Waals surface area contributed by atoms with Gasteiger partial charge in [-0.2, -0.15) is 0 Å². The Balaban J connectivity index is 1.59. The Kier molecular flexibility index (Phi) is 2.91. The minimum absolute atomic E-state index is 0.149. The lowest BCUT2D eigenvalue weighted by atomic mass is 9.77. The molecule has 4 heteroatoms. The average Bonchev–Trinajstić information content (AvgIpc) is 2.40. The van der Waals surface area contributed by atoms with E-state index in [2.05, 4.69) is 22.4 Å². The van der Waals surface area contributed by atoms with Crippen molar-refractivity contribution in [3.8, 4) is 0 Å². The zero-order valence-corrected chi connectivity index (χ0v) is 10.5. The fourth-order valence-corrected chi connectivity index (χ4v) is 2.39. The number of nitrogen functional groups attached to an aromatic ring is 1. The summed E-state index contributed by atoms with van der Waals surface area (Å²) in [6, 6.07) is 11.7. The van der Waals surface area contributed by atoms with Gasteiger partial charge in [-0.25, -0.2) is 4.98 Å². The summed E-state index contributed by atoms with van der Waals surface area (Å²) < 4.78 is 0. The fraction of sp³-hybridized carbons (Fsp3) is 0.200. The number of amides is 1. The van der Waals surface area contributed by atoms with Crippen LogP contribution in [0.25, 0.3) is 0 Å². The minimum atomic E-state index is -0.149. The molecule has 0 spiro atoms. The number of carbonyl (C=O) groups is 1. The Labute approximate surface area is 111 Å². The van der Waals surface area contributed by atoms with Crippen molar-refractivity contribution in [2.75, 3.05) is 12.3 Å². The molecular weight excluding hydrogens is 238 g/mol. The molecule has 19 heavy (non-hydrogen) atoms. The number of benzene rings is 1. The Morgan fingerprint density at radius 3 is 2.89 bits per heavy atom. The van der Waals surface area contributed by atoms with Gasteiger partial charge < -0.3 is 11.1 Å². The second kappa shape index (κ2) is 4.72. The van der Waals surface area contributed by atoms with Gasteiger partial charge in [-0.3, -0.25) is 4.79 Å². The lowest BCUT2D eigenvalue weighted by Gasteiger charge is -2.30. The van der Waals surface area contributed by atoms with Gasteiger partial charge in [0.1, 0.15) is 5.69 Å². The molecule has 0 saturated heterocycles. The van der Waals surface area contributed by atoms with Crippen LogP contribution >= 0.6 is 0 Å². The molecule has 0 radical (unpaired) electrons. The molecule has 96 valence electrons. The Morgan fingerprint density at radius 2 is 2.16 bits per heavy atom. The number of hydrogen-bond acceptors (Lipinski definition) is 3. The van der Waals surface area contributed by atoms with Crippen LogP contribution in [-0.2, 0) is 6.42 Å². The summed E-state index contributed by atoms with van der Waals surface area (Å²) in [4.78, 5) is 15.9. The quantitative estimate of drug-likeness (QED) is 0.875. The first-order valence-electron chi connectivity index (χ1n) is 6.31. The maximum Gasteiger partial charge on any atom is 0.269 e. The van der Waals surface area contributed by atoms with Gasteiger partial charge in [-0.05, 0) is 29.7 Å². The van der Waals surface area contributed by atoms with E-state index in [1.807, 2.05) is 12.1 Å². The van der Waals surface area contributed by atoms with E-state index in [1.165, 1.54) is 17.3 Å². The van der Waals surface area contributed by atoms with Crippen molar-refractivity contribution >= 4 is 11.6 Å². The van der Waals surface area contributed by atoms with Crippen molar-refractivity contribution < 1.29 is 4.79 Å². The predicted octanol–water partition coefficient (Wildman–Crippen LogP) is 1.73. The van der Waals surface area contributed by atoms with E-state index in [1.54, 1.807) is 12.1 Å². The monoisotopic (exact) mass is 253 g/mol. The fourth-order valence-electron chi connectivity index (χ4n) is 2.39. The van der Waals surface area contributed by atoms with Crippen LogP contribution in [0.5, 0.6) is 0 Å². The van der Waals surface area contributed by atoms with E-state index in [0.717, 1.165) is 6.42 Å². The summed E-state index contributed by atoms with van der Waals surface area (Å²) in [6.07, 6.45) is 2.53. The zero-order chi connectivity index (χ0) is 13.2. The molecule has 0 saturated carbocycles. The van der Waals surface area contributed by atoms with Crippen LogP contribution in [0.2, 0.25) is 0 Å². The number of carbonyl (C=O) groups excluding carboxylic acids is 1. The largest absolute Gasteiger partial charge is 0.397 e. The number of aromatic nitrogens is 1. The van der Waals surface area contributed by atoms with Gasteiger partial charge in [0, 0.05) is 12.5 Å². The van der Waals surface area contributed by atoms with Crippen LogP contribution in [0.4, 0.5) is 5.69 Å². The summed E-state index contributed by atoms with van der Waals surface area (Å²) in [7, 11) is 0. The van der Waals surface area contributed by atoms with Gasteiger partial charge in [-0.1, -0.05) is 24.3 Å². The SMILES string of the molecule is Nc1ccc(C(=O)NCC2Cc3ccccc32)nc1. The number of nitrogens with one attached hydrogen (secondary N) is 1. The summed E-state index contributed by atoms with van der Waals surface area (Å²) in [6.45, 7) is 0.655. The number of nitrogens with zero attached hydrogens (tertiary/aromatic N) is 1. The summed E-state index contributed by atoms with van der Waals surface area (Å²) >= 11 is 0. The van der Waals surface area contributed by atoms with Crippen LogP contribution in [-0.4, -0.2) is 17.4 Å². The van der Waals surface area contributed by atoms with Crippen LogP contribution in [0.15, 0.2) is 42.6 Å². The number of anilines is 1. The Morgan fingerprint density at radius 1 is 1.32 bits per heavy atom. The maximum atomic E-state index is 11.9. The first-order chi connectivity index (χ1) is 9.24. The lowest BCUT2D eigenvalue weighted by Crippen LogP contribution is -2.33. The number of nitrogens with two attached hydrogens (primary N) is 1. The van der Waals surface area contributed by atoms with Crippen molar-refractivity contribution in [2.24, 2.45) is 0 Å². The highest BCUT2D eigenvalue weighted by molar-refractivity contribution is 5.92. The van der Waals surface area contributed by atoms with Crippen molar-refractivity contribution in [3.63, 3.8) is 0 Å². The van der Waals surface area contributed by atoms with Gasteiger partial charge in [0.05, 0.1) is 11.9 Å². The van der Waals surface area contributed by atoms with E-state index in [9.17, 15) is 4.79 Å². The van der Waals surface area contributed by atoms with E-state index in [0.29, 0.717) is 23.8 Å². The van der Waals surface area contributed by atoms with Gasteiger partial charge in [0.15, 0.2) is 0 Å². The molecule has 2 aromatic rings. The third-order valence-electron chi connectivity index (χ3n) is 3.49. The summed E-state index contributed by atoms with van der Waals surface area (Å²) in [5, 5.41) is 2.92. The standard InChI is InChI=1S/C15H15N3O/c16-12-5-6-14(17-9-12)15(19)18-8-11-7-10-3-1-2-4-13(10)11/h1-6,9,11H,7-8,16H2,(H,18,19). The Bertz CT molecular complexity index is 607. The van der Waals surface area contributed by atoms with E-state index in [4.69, 9.17) is 5.73 Å². The number of fused-ring (bicyclic) bond motifs is 1. The average molecular weight is 253 g/mol. The van der Waals surface area contributed by atoms with Gasteiger partial charge in [0.25, 0.3) is 5.91 Å². The van der Waals surface area contributed by atoms with Crippen molar-refractivity contribution in [3.05, 3.63) is 59.4 Å². The van der Waals surface area contributed by atoms with E-state index < -0.39 is 0 Å². The Hall–Kier alpha value is -2.36. The highest BCUT2D eigenvalue weighted by Gasteiger charge is 2.25. The van der Waals surface area contributed by atoms with Gasteiger partial charge in [-0.15, -0.1) is 0 Å². The molecule has 1 heterocycles. The first kappa shape index (κ1) is 11.7. The van der Waals surface area contributed by atoms with Gasteiger partial charge >= 0.3 is 0 Å². The second-order valence-corrected chi connectivity index (χ2v) is 4.79.